The van der Waals surface area contributed by atoms with Crippen LogP contribution >= 0.6 is 0 Å². The van der Waals surface area contributed by atoms with Crippen LogP contribution in [0.4, 0.5) is 4.39 Å². The Morgan fingerprint density at radius 3 is 2.18 bits per heavy atom. The van der Waals surface area contributed by atoms with E-state index >= 15 is 0 Å². The second-order valence-electron chi connectivity index (χ2n) is 10.5. The van der Waals surface area contributed by atoms with Gasteiger partial charge in [0.1, 0.15) is 5.82 Å². The van der Waals surface area contributed by atoms with Crippen LogP contribution in [0.5, 0.6) is 0 Å². The second kappa shape index (κ2) is 10.9. The Hall–Kier alpha value is -3.77. The van der Waals surface area contributed by atoms with Gasteiger partial charge in [-0.1, -0.05) is 60.7 Å². The number of carbonyl (C=O) groups excluding carboxylic acids is 1. The molecule has 0 bridgehead atoms. The fourth-order valence-electron chi connectivity index (χ4n) is 6.02. The van der Waals surface area contributed by atoms with Crippen molar-refractivity contribution in [3.05, 3.63) is 119 Å². The van der Waals surface area contributed by atoms with E-state index in [9.17, 15) is 9.18 Å². The minimum absolute atomic E-state index is 0.0542. The van der Waals surface area contributed by atoms with Gasteiger partial charge in [-0.2, -0.15) is 5.10 Å². The number of nitrogens with zero attached hydrogens (tertiary/aromatic N) is 4. The lowest BCUT2D eigenvalue weighted by Crippen LogP contribution is -2.34. The summed E-state index contributed by atoms with van der Waals surface area (Å²) >= 11 is 0. The molecule has 0 spiro atoms. The molecule has 1 aromatic heterocycles. The van der Waals surface area contributed by atoms with Crippen molar-refractivity contribution in [1.29, 1.82) is 0 Å². The highest BCUT2D eigenvalue weighted by molar-refractivity contribution is 5.95. The van der Waals surface area contributed by atoms with Crippen LogP contribution in [0.15, 0.2) is 91.1 Å². The molecule has 6 heteroatoms. The maximum Gasteiger partial charge on any atom is 0.257 e. The number of likely N-dealkylation sites (tertiary alicyclic amines) is 2. The number of carbonyl (C=O) groups is 1. The van der Waals surface area contributed by atoms with Gasteiger partial charge in [-0.15, -0.1) is 0 Å². The molecule has 4 aromatic rings. The van der Waals surface area contributed by atoms with Gasteiger partial charge in [0.05, 0.1) is 23.1 Å². The summed E-state index contributed by atoms with van der Waals surface area (Å²) in [5, 5.41) is 4.68. The topological polar surface area (TPSA) is 41.4 Å². The Kier molecular flexibility index (Phi) is 7.06. The Morgan fingerprint density at radius 2 is 1.47 bits per heavy atom. The lowest BCUT2D eigenvalue weighted by molar-refractivity contribution is 0.0788. The van der Waals surface area contributed by atoms with Crippen molar-refractivity contribution in [2.45, 2.75) is 37.6 Å². The summed E-state index contributed by atoms with van der Waals surface area (Å²) in [6, 6.07) is 27.4. The first kappa shape index (κ1) is 24.6. The molecule has 3 aromatic carbocycles. The zero-order valence-electron chi connectivity index (χ0n) is 21.5. The SMILES string of the molecule is O=C(c1cnn(-c2ccc(F)cc2)c1C1CCN(Cc2ccccc2)CC1)N1CC[C@H](c2ccccc2)C1. The predicted molar refractivity (Wildman–Crippen MR) is 147 cm³/mol. The zero-order chi connectivity index (χ0) is 25.9. The van der Waals surface area contributed by atoms with Crippen LogP contribution in [0.2, 0.25) is 0 Å². The highest BCUT2D eigenvalue weighted by Gasteiger charge is 2.34. The summed E-state index contributed by atoms with van der Waals surface area (Å²) in [7, 11) is 0. The molecular formula is C32H33FN4O. The number of halogens is 1. The first-order chi connectivity index (χ1) is 18.7. The van der Waals surface area contributed by atoms with Crippen molar-refractivity contribution in [2.75, 3.05) is 26.2 Å². The Balaban J connectivity index is 1.24. The van der Waals surface area contributed by atoms with Crippen LogP contribution in [0, 0.1) is 5.82 Å². The van der Waals surface area contributed by atoms with Gasteiger partial charge in [-0.25, -0.2) is 9.07 Å². The molecule has 1 amide bonds. The van der Waals surface area contributed by atoms with Gasteiger partial charge in [0, 0.05) is 31.5 Å². The molecular weight excluding hydrogens is 475 g/mol. The first-order valence-electron chi connectivity index (χ1n) is 13.6. The van der Waals surface area contributed by atoms with E-state index in [0.29, 0.717) is 11.5 Å². The van der Waals surface area contributed by atoms with Crippen molar-refractivity contribution in [3.63, 3.8) is 0 Å². The van der Waals surface area contributed by atoms with Crippen molar-refractivity contribution >= 4 is 5.91 Å². The van der Waals surface area contributed by atoms with Crippen molar-refractivity contribution in [1.82, 2.24) is 19.6 Å². The van der Waals surface area contributed by atoms with Crippen molar-refractivity contribution in [3.8, 4) is 5.69 Å². The van der Waals surface area contributed by atoms with E-state index in [4.69, 9.17) is 0 Å². The standard InChI is InChI=1S/C32H33FN4O/c33-28-11-13-29(14-12-28)37-31(26-15-18-35(19-16-26)22-24-7-3-1-4-8-24)30(21-34-37)32(38)36-20-17-27(23-36)25-9-5-2-6-10-25/h1-14,21,26-27H,15-20,22-23H2/t27-/m0/s1. The molecule has 0 unspecified atom stereocenters. The van der Waals surface area contributed by atoms with Gasteiger partial charge >= 0.3 is 0 Å². The fraction of sp³-hybridized carbons (Fsp3) is 0.312. The maximum absolute atomic E-state index is 13.9. The van der Waals surface area contributed by atoms with Gasteiger partial charge in [-0.3, -0.25) is 9.69 Å². The molecule has 194 valence electrons. The monoisotopic (exact) mass is 508 g/mol. The molecule has 2 aliphatic heterocycles. The van der Waals surface area contributed by atoms with E-state index in [1.54, 1.807) is 18.3 Å². The van der Waals surface area contributed by atoms with E-state index in [0.717, 1.165) is 63.4 Å². The molecule has 0 radical (unpaired) electrons. The molecule has 0 N–H and O–H groups in total. The third-order valence-electron chi connectivity index (χ3n) is 8.08. The van der Waals surface area contributed by atoms with E-state index in [-0.39, 0.29) is 17.6 Å². The smallest absolute Gasteiger partial charge is 0.257 e. The average Bonchev–Trinajstić information content (AvgIpc) is 3.63. The van der Waals surface area contributed by atoms with E-state index in [1.165, 1.54) is 23.3 Å². The Labute approximate surface area is 223 Å². The normalized spacial score (nSPS) is 18.7. The van der Waals surface area contributed by atoms with E-state index in [2.05, 4.69) is 58.5 Å². The summed E-state index contributed by atoms with van der Waals surface area (Å²) in [5.74, 6) is 0.341. The summed E-state index contributed by atoms with van der Waals surface area (Å²) < 4.78 is 15.6. The highest BCUT2D eigenvalue weighted by atomic mass is 19.1. The molecule has 38 heavy (non-hydrogen) atoms. The number of rotatable bonds is 6. The number of piperidine rings is 1. The molecule has 2 saturated heterocycles. The summed E-state index contributed by atoms with van der Waals surface area (Å²) in [6.45, 7) is 4.32. The Morgan fingerprint density at radius 1 is 0.816 bits per heavy atom. The minimum atomic E-state index is -0.281. The quantitative estimate of drug-likeness (QED) is 0.320. The van der Waals surface area contributed by atoms with Crippen LogP contribution in [-0.2, 0) is 6.54 Å². The third kappa shape index (κ3) is 5.14. The van der Waals surface area contributed by atoms with Crippen molar-refractivity contribution < 1.29 is 9.18 Å². The minimum Gasteiger partial charge on any atom is -0.338 e. The summed E-state index contributed by atoms with van der Waals surface area (Å²) in [4.78, 5) is 18.4. The average molecular weight is 509 g/mol. The van der Waals surface area contributed by atoms with Gasteiger partial charge in [0.25, 0.3) is 5.91 Å². The van der Waals surface area contributed by atoms with Crippen LogP contribution in [-0.4, -0.2) is 51.7 Å². The van der Waals surface area contributed by atoms with Crippen LogP contribution in [0.25, 0.3) is 5.69 Å². The molecule has 6 rings (SSSR count). The molecule has 2 fully saturated rings. The highest BCUT2D eigenvalue weighted by Crippen LogP contribution is 2.35. The number of aromatic nitrogens is 2. The zero-order valence-corrected chi connectivity index (χ0v) is 21.5. The molecule has 3 heterocycles. The van der Waals surface area contributed by atoms with Crippen molar-refractivity contribution in [2.24, 2.45) is 0 Å². The van der Waals surface area contributed by atoms with E-state index < -0.39 is 0 Å². The second-order valence-corrected chi connectivity index (χ2v) is 10.5. The van der Waals surface area contributed by atoms with Gasteiger partial charge < -0.3 is 4.90 Å². The number of hydrogen-bond acceptors (Lipinski definition) is 3. The number of benzene rings is 3. The van der Waals surface area contributed by atoms with Crippen LogP contribution in [0.3, 0.4) is 0 Å². The fourth-order valence-corrected chi connectivity index (χ4v) is 6.02. The maximum atomic E-state index is 13.9. The molecule has 5 nitrogen and oxygen atoms in total. The van der Waals surface area contributed by atoms with Gasteiger partial charge in [0.2, 0.25) is 0 Å². The largest absolute Gasteiger partial charge is 0.338 e. The first-order valence-corrected chi connectivity index (χ1v) is 13.6. The van der Waals surface area contributed by atoms with Crippen LogP contribution < -0.4 is 0 Å². The summed E-state index contributed by atoms with van der Waals surface area (Å²) in [5.41, 5.74) is 5.04. The van der Waals surface area contributed by atoms with Gasteiger partial charge in [0.15, 0.2) is 0 Å². The molecule has 2 aliphatic rings. The number of hydrogen-bond donors (Lipinski definition) is 0. The third-order valence-corrected chi connectivity index (χ3v) is 8.08. The predicted octanol–water partition coefficient (Wildman–Crippen LogP) is 6.02. The van der Waals surface area contributed by atoms with Crippen LogP contribution in [0.1, 0.15) is 58.3 Å². The number of amides is 1. The van der Waals surface area contributed by atoms with E-state index in [1.807, 2.05) is 21.7 Å². The molecule has 1 atom stereocenters. The Bertz CT molecular complexity index is 1360. The van der Waals surface area contributed by atoms with Gasteiger partial charge in [-0.05, 0) is 67.7 Å². The molecule has 0 aliphatic carbocycles. The lowest BCUT2D eigenvalue weighted by atomic mass is 9.90. The molecule has 0 saturated carbocycles. The summed E-state index contributed by atoms with van der Waals surface area (Å²) in [6.07, 6.45) is 4.60. The lowest BCUT2D eigenvalue weighted by Gasteiger charge is -2.33.